The molecule has 4 nitrogen and oxygen atoms in total. The molecule has 0 saturated heterocycles. The maximum absolute atomic E-state index is 8.70. The summed E-state index contributed by atoms with van der Waals surface area (Å²) in [5.41, 5.74) is 4.69. The molecule has 0 bridgehead atoms. The molecule has 0 aliphatic carbocycles. The summed E-state index contributed by atoms with van der Waals surface area (Å²) in [6, 6.07) is 6.34. The Balaban J connectivity index is 2.11. The van der Waals surface area contributed by atoms with Gasteiger partial charge in [0.1, 0.15) is 0 Å². The summed E-state index contributed by atoms with van der Waals surface area (Å²) < 4.78 is 0. The first kappa shape index (κ1) is 13.5. The minimum atomic E-state index is 0.174. The third-order valence-corrected chi connectivity index (χ3v) is 3.11. The zero-order valence-electron chi connectivity index (χ0n) is 11.3. The van der Waals surface area contributed by atoms with Crippen molar-refractivity contribution in [2.24, 2.45) is 0 Å². The van der Waals surface area contributed by atoms with E-state index in [0.29, 0.717) is 18.9 Å². The smallest absolute Gasteiger partial charge is 0.222 e. The Morgan fingerprint density at radius 1 is 1.05 bits per heavy atom. The second-order valence-corrected chi connectivity index (χ2v) is 4.60. The fourth-order valence-electron chi connectivity index (χ4n) is 1.77. The van der Waals surface area contributed by atoms with Crippen molar-refractivity contribution in [1.29, 1.82) is 0 Å². The lowest BCUT2D eigenvalue weighted by molar-refractivity contribution is 0.292. The van der Waals surface area contributed by atoms with Gasteiger partial charge in [-0.15, -0.1) is 0 Å². The number of nitrogens with zero attached hydrogens (tertiary/aromatic N) is 2. The lowest BCUT2D eigenvalue weighted by Crippen LogP contribution is -2.06. The summed E-state index contributed by atoms with van der Waals surface area (Å²) in [5, 5.41) is 11.8. The average Bonchev–Trinajstić information content (AvgIpc) is 2.43. The predicted octanol–water partition coefficient (Wildman–Crippen LogP) is 2.55. The molecule has 1 heterocycles. The molecule has 0 aliphatic rings. The number of hydrogen-bond donors (Lipinski definition) is 2. The summed E-state index contributed by atoms with van der Waals surface area (Å²) in [6.45, 7) is 5.06. The fraction of sp³-hybridized carbons (Fsp3) is 0.333. The Hall–Kier alpha value is -1.94. The number of benzene rings is 1. The van der Waals surface area contributed by atoms with Crippen molar-refractivity contribution in [1.82, 2.24) is 9.97 Å². The molecule has 2 aromatic rings. The Bertz CT molecular complexity index is 538. The van der Waals surface area contributed by atoms with E-state index in [-0.39, 0.29) is 6.61 Å². The largest absolute Gasteiger partial charge is 0.396 e. The second-order valence-electron chi connectivity index (χ2n) is 4.60. The Kier molecular flexibility index (Phi) is 4.47. The van der Waals surface area contributed by atoms with Gasteiger partial charge in [-0.2, -0.15) is 0 Å². The SMILES string of the molecule is Cc1ccc(-c2cnc(NCCCO)nc2)cc1C. The molecule has 1 aromatic heterocycles. The molecule has 2 rings (SSSR count). The molecular weight excluding hydrogens is 238 g/mol. The van der Waals surface area contributed by atoms with Gasteiger partial charge in [0.05, 0.1) is 0 Å². The van der Waals surface area contributed by atoms with E-state index in [4.69, 9.17) is 5.11 Å². The van der Waals surface area contributed by atoms with Crippen molar-refractivity contribution in [2.45, 2.75) is 20.3 Å². The van der Waals surface area contributed by atoms with Gasteiger partial charge < -0.3 is 10.4 Å². The first-order chi connectivity index (χ1) is 9.20. The highest BCUT2D eigenvalue weighted by atomic mass is 16.3. The van der Waals surface area contributed by atoms with Crippen LogP contribution >= 0.6 is 0 Å². The maximum atomic E-state index is 8.70. The van der Waals surface area contributed by atoms with Crippen molar-refractivity contribution in [3.63, 3.8) is 0 Å². The number of nitrogens with one attached hydrogen (secondary N) is 1. The molecule has 0 fully saturated rings. The zero-order valence-corrected chi connectivity index (χ0v) is 11.3. The molecule has 0 radical (unpaired) electrons. The second kappa shape index (κ2) is 6.29. The third-order valence-electron chi connectivity index (χ3n) is 3.11. The maximum Gasteiger partial charge on any atom is 0.222 e. The van der Waals surface area contributed by atoms with E-state index >= 15 is 0 Å². The molecule has 19 heavy (non-hydrogen) atoms. The van der Waals surface area contributed by atoms with E-state index < -0.39 is 0 Å². The highest BCUT2D eigenvalue weighted by Gasteiger charge is 2.02. The Labute approximate surface area is 113 Å². The van der Waals surface area contributed by atoms with Crippen LogP contribution in [0.3, 0.4) is 0 Å². The van der Waals surface area contributed by atoms with Crippen LogP contribution in [0.2, 0.25) is 0 Å². The highest BCUT2D eigenvalue weighted by molar-refractivity contribution is 5.63. The molecule has 0 unspecified atom stereocenters. The average molecular weight is 257 g/mol. The molecule has 0 spiro atoms. The molecule has 0 saturated carbocycles. The molecule has 1 aromatic carbocycles. The van der Waals surface area contributed by atoms with Gasteiger partial charge in [-0.3, -0.25) is 0 Å². The van der Waals surface area contributed by atoms with Crippen LogP contribution in [0.4, 0.5) is 5.95 Å². The van der Waals surface area contributed by atoms with E-state index in [2.05, 4.69) is 47.3 Å². The van der Waals surface area contributed by atoms with Crippen LogP contribution < -0.4 is 5.32 Å². The van der Waals surface area contributed by atoms with E-state index in [1.54, 1.807) is 0 Å². The van der Waals surface area contributed by atoms with Crippen molar-refractivity contribution < 1.29 is 5.11 Å². The predicted molar refractivity (Wildman–Crippen MR) is 77.1 cm³/mol. The van der Waals surface area contributed by atoms with E-state index in [1.807, 2.05) is 12.4 Å². The summed E-state index contributed by atoms with van der Waals surface area (Å²) >= 11 is 0. The number of aliphatic hydroxyl groups is 1. The van der Waals surface area contributed by atoms with Gasteiger partial charge in [-0.05, 0) is 37.0 Å². The van der Waals surface area contributed by atoms with Crippen molar-refractivity contribution in [2.75, 3.05) is 18.5 Å². The molecule has 4 heteroatoms. The van der Waals surface area contributed by atoms with Gasteiger partial charge in [0.25, 0.3) is 0 Å². The first-order valence-electron chi connectivity index (χ1n) is 6.45. The van der Waals surface area contributed by atoms with Gasteiger partial charge >= 0.3 is 0 Å². The molecule has 2 N–H and O–H groups in total. The van der Waals surface area contributed by atoms with Gasteiger partial charge in [-0.1, -0.05) is 18.2 Å². The molecule has 0 aliphatic heterocycles. The molecular formula is C15H19N3O. The minimum absolute atomic E-state index is 0.174. The van der Waals surface area contributed by atoms with E-state index in [0.717, 1.165) is 11.1 Å². The third kappa shape index (κ3) is 3.51. The van der Waals surface area contributed by atoms with Crippen molar-refractivity contribution >= 4 is 5.95 Å². The van der Waals surface area contributed by atoms with Crippen LogP contribution in [-0.4, -0.2) is 28.2 Å². The molecule has 0 atom stereocenters. The van der Waals surface area contributed by atoms with Gasteiger partial charge in [0.15, 0.2) is 0 Å². The Morgan fingerprint density at radius 2 is 1.79 bits per heavy atom. The van der Waals surface area contributed by atoms with Gasteiger partial charge in [0.2, 0.25) is 5.95 Å². The number of anilines is 1. The van der Waals surface area contributed by atoms with Crippen LogP contribution in [0.15, 0.2) is 30.6 Å². The minimum Gasteiger partial charge on any atom is -0.396 e. The summed E-state index contributed by atoms with van der Waals surface area (Å²) in [7, 11) is 0. The number of aryl methyl sites for hydroxylation is 2. The summed E-state index contributed by atoms with van der Waals surface area (Å²) in [4.78, 5) is 8.55. The number of rotatable bonds is 5. The van der Waals surface area contributed by atoms with Crippen LogP contribution in [0.5, 0.6) is 0 Å². The Morgan fingerprint density at radius 3 is 2.42 bits per heavy atom. The quantitative estimate of drug-likeness (QED) is 0.808. The monoisotopic (exact) mass is 257 g/mol. The summed E-state index contributed by atoms with van der Waals surface area (Å²) in [6.07, 6.45) is 4.33. The zero-order chi connectivity index (χ0) is 13.7. The lowest BCUT2D eigenvalue weighted by atomic mass is 10.0. The topological polar surface area (TPSA) is 58.0 Å². The van der Waals surface area contributed by atoms with Crippen molar-refractivity contribution in [3.05, 3.63) is 41.7 Å². The van der Waals surface area contributed by atoms with Crippen molar-refractivity contribution in [3.8, 4) is 11.1 Å². The normalized spacial score (nSPS) is 10.5. The van der Waals surface area contributed by atoms with Crippen LogP contribution in [0.25, 0.3) is 11.1 Å². The van der Waals surface area contributed by atoms with Crippen LogP contribution in [0, 0.1) is 13.8 Å². The van der Waals surface area contributed by atoms with Crippen LogP contribution in [-0.2, 0) is 0 Å². The van der Waals surface area contributed by atoms with Gasteiger partial charge in [0, 0.05) is 31.1 Å². The fourth-order valence-corrected chi connectivity index (χ4v) is 1.77. The number of aromatic nitrogens is 2. The highest BCUT2D eigenvalue weighted by Crippen LogP contribution is 2.21. The number of aliphatic hydroxyl groups excluding tert-OH is 1. The summed E-state index contributed by atoms with van der Waals surface area (Å²) in [5.74, 6) is 0.598. The first-order valence-corrected chi connectivity index (χ1v) is 6.45. The standard InChI is InChI=1S/C15H19N3O/c1-11-4-5-13(8-12(11)2)14-9-17-15(18-10-14)16-6-3-7-19/h4-5,8-10,19H,3,6-7H2,1-2H3,(H,16,17,18). The molecule has 100 valence electrons. The lowest BCUT2D eigenvalue weighted by Gasteiger charge is -2.06. The van der Waals surface area contributed by atoms with E-state index in [9.17, 15) is 0 Å². The number of hydrogen-bond acceptors (Lipinski definition) is 4. The van der Waals surface area contributed by atoms with Gasteiger partial charge in [-0.25, -0.2) is 9.97 Å². The van der Waals surface area contributed by atoms with Crippen LogP contribution in [0.1, 0.15) is 17.5 Å². The molecule has 0 amide bonds. The van der Waals surface area contributed by atoms with E-state index in [1.165, 1.54) is 11.1 Å².